The number of carbonyl (C=O) groups excluding carboxylic acids is 3. The van der Waals surface area contributed by atoms with E-state index in [2.05, 4.69) is 20.8 Å². The van der Waals surface area contributed by atoms with Crippen LogP contribution in [0.15, 0.2) is 0 Å². The third kappa shape index (κ3) is 51.3. The highest BCUT2D eigenvalue weighted by molar-refractivity contribution is 5.70. The molecule has 0 heterocycles. The van der Waals surface area contributed by atoms with Crippen molar-refractivity contribution in [2.24, 2.45) is 5.92 Å². The molecule has 63 heavy (non-hydrogen) atoms. The first-order valence-electron chi connectivity index (χ1n) is 28.5. The second kappa shape index (κ2) is 53.0. The van der Waals surface area contributed by atoms with Crippen molar-refractivity contribution >= 4 is 17.9 Å². The van der Waals surface area contributed by atoms with Gasteiger partial charge in [0, 0.05) is 19.3 Å². The van der Waals surface area contributed by atoms with Crippen LogP contribution in [0, 0.1) is 5.92 Å². The Kier molecular flexibility index (Phi) is 51.7. The Balaban J connectivity index is 4.29. The molecule has 0 atom stereocenters. The number of esters is 3. The zero-order valence-electron chi connectivity index (χ0n) is 42.9. The van der Waals surface area contributed by atoms with E-state index >= 15 is 0 Å². The maximum atomic E-state index is 12.6. The topological polar surface area (TPSA) is 78.9 Å². The smallest absolute Gasteiger partial charge is 0.305 e. The molecule has 0 aliphatic heterocycles. The van der Waals surface area contributed by atoms with Crippen molar-refractivity contribution < 1.29 is 28.6 Å². The summed E-state index contributed by atoms with van der Waals surface area (Å²) in [5, 5.41) is 0. The van der Waals surface area contributed by atoms with Crippen LogP contribution in [-0.2, 0) is 28.6 Å². The van der Waals surface area contributed by atoms with Gasteiger partial charge in [0.25, 0.3) is 0 Å². The minimum atomic E-state index is -0.347. The van der Waals surface area contributed by atoms with E-state index in [4.69, 9.17) is 14.2 Å². The van der Waals surface area contributed by atoms with Crippen LogP contribution in [0.2, 0.25) is 0 Å². The van der Waals surface area contributed by atoms with Crippen molar-refractivity contribution in [3.63, 3.8) is 0 Å². The Morgan fingerprint density at radius 3 is 0.540 bits per heavy atom. The molecular formula is C57H110O6. The minimum absolute atomic E-state index is 0.107. The van der Waals surface area contributed by atoms with Gasteiger partial charge >= 0.3 is 17.9 Å². The molecule has 6 nitrogen and oxygen atoms in total. The van der Waals surface area contributed by atoms with E-state index in [1.165, 1.54) is 225 Å². The highest BCUT2D eigenvalue weighted by atomic mass is 16.6. The summed E-state index contributed by atoms with van der Waals surface area (Å²) in [6, 6.07) is 0. The number of unbranched alkanes of at least 4 members (excludes halogenated alkanes) is 41. The average molecular weight is 892 g/mol. The number of hydrogen-bond donors (Lipinski definition) is 0. The van der Waals surface area contributed by atoms with Crippen LogP contribution < -0.4 is 0 Å². The Labute approximate surface area is 393 Å². The SMILES string of the molecule is CCCCCCCCCCCCCCCCCC(=O)OCC(COC(=O)CCCCCCCCCCCCCCCC)COC(=O)CCCCCCCCCCCCCCCCC. The molecule has 0 N–H and O–H groups in total. The van der Waals surface area contributed by atoms with Crippen LogP contribution >= 0.6 is 0 Å². The monoisotopic (exact) mass is 891 g/mol. The van der Waals surface area contributed by atoms with Crippen LogP contribution in [0.5, 0.6) is 0 Å². The summed E-state index contributed by atoms with van der Waals surface area (Å²) in [6.45, 7) is 7.15. The number of hydrogen-bond acceptors (Lipinski definition) is 6. The van der Waals surface area contributed by atoms with Crippen LogP contribution in [0.4, 0.5) is 0 Å². The predicted molar refractivity (Wildman–Crippen MR) is 270 cm³/mol. The van der Waals surface area contributed by atoms with Gasteiger partial charge in [-0.25, -0.2) is 0 Å². The molecule has 374 valence electrons. The summed E-state index contributed by atoms with van der Waals surface area (Å²) >= 11 is 0. The van der Waals surface area contributed by atoms with Gasteiger partial charge in [0.15, 0.2) is 0 Å². The zero-order valence-corrected chi connectivity index (χ0v) is 42.9. The summed E-state index contributed by atoms with van der Waals surface area (Å²) in [7, 11) is 0. The van der Waals surface area contributed by atoms with E-state index in [0.29, 0.717) is 19.3 Å². The number of carbonyl (C=O) groups is 3. The van der Waals surface area contributed by atoms with Crippen molar-refractivity contribution in [1.82, 2.24) is 0 Å². The van der Waals surface area contributed by atoms with Gasteiger partial charge in [-0.3, -0.25) is 14.4 Å². The van der Waals surface area contributed by atoms with E-state index < -0.39 is 0 Å². The summed E-state index contributed by atoms with van der Waals surface area (Å²) in [4.78, 5) is 37.9. The number of rotatable bonds is 53. The van der Waals surface area contributed by atoms with Crippen molar-refractivity contribution in [2.75, 3.05) is 19.8 Å². The second-order valence-electron chi connectivity index (χ2n) is 19.7. The molecule has 0 fully saturated rings. The molecule has 0 spiro atoms. The lowest BCUT2D eigenvalue weighted by Gasteiger charge is -2.17. The fourth-order valence-corrected chi connectivity index (χ4v) is 8.74. The Bertz CT molecular complexity index is 886. The van der Waals surface area contributed by atoms with E-state index in [-0.39, 0.29) is 43.6 Å². The van der Waals surface area contributed by atoms with Gasteiger partial charge < -0.3 is 14.2 Å². The van der Waals surface area contributed by atoms with E-state index in [0.717, 1.165) is 57.8 Å². The van der Waals surface area contributed by atoms with Crippen LogP contribution in [0.1, 0.15) is 323 Å². The summed E-state index contributed by atoms with van der Waals surface area (Å²) in [5.74, 6) is -0.993. The fourth-order valence-electron chi connectivity index (χ4n) is 8.74. The van der Waals surface area contributed by atoms with Gasteiger partial charge in [0.1, 0.15) is 19.8 Å². The van der Waals surface area contributed by atoms with Gasteiger partial charge in [-0.2, -0.15) is 0 Å². The molecule has 0 rings (SSSR count). The molecule has 0 saturated carbocycles. The van der Waals surface area contributed by atoms with E-state index in [1.54, 1.807) is 0 Å². The zero-order chi connectivity index (χ0) is 45.8. The largest absolute Gasteiger partial charge is 0.465 e. The molecule has 0 aliphatic rings. The van der Waals surface area contributed by atoms with Gasteiger partial charge in [0.05, 0.1) is 5.92 Å². The lowest BCUT2D eigenvalue weighted by Crippen LogP contribution is -2.26. The van der Waals surface area contributed by atoms with Crippen LogP contribution in [-0.4, -0.2) is 37.7 Å². The third-order valence-corrected chi connectivity index (χ3v) is 13.1. The molecule has 0 aliphatic carbocycles. The normalized spacial score (nSPS) is 11.4. The third-order valence-electron chi connectivity index (χ3n) is 13.1. The molecule has 0 aromatic carbocycles. The van der Waals surface area contributed by atoms with Gasteiger partial charge in [-0.05, 0) is 19.3 Å². The predicted octanol–water partition coefficient (Wildman–Crippen LogP) is 18.6. The highest BCUT2D eigenvalue weighted by Crippen LogP contribution is 2.17. The molecule has 0 aromatic rings. The first-order chi connectivity index (χ1) is 31.0. The van der Waals surface area contributed by atoms with Crippen LogP contribution in [0.25, 0.3) is 0 Å². The minimum Gasteiger partial charge on any atom is -0.465 e. The molecule has 6 heteroatoms. The molecule has 0 saturated heterocycles. The first kappa shape index (κ1) is 61.4. The summed E-state index contributed by atoms with van der Waals surface area (Å²) in [5.41, 5.74) is 0. The first-order valence-corrected chi connectivity index (χ1v) is 28.5. The van der Waals surface area contributed by atoms with Gasteiger partial charge in [-0.15, -0.1) is 0 Å². The fraction of sp³-hybridized carbons (Fsp3) is 0.947. The van der Waals surface area contributed by atoms with Crippen LogP contribution in [0.3, 0.4) is 0 Å². The lowest BCUT2D eigenvalue weighted by molar-refractivity contribution is -0.153. The Morgan fingerprint density at radius 1 is 0.238 bits per heavy atom. The molecular weight excluding hydrogens is 781 g/mol. The Morgan fingerprint density at radius 2 is 0.381 bits per heavy atom. The second-order valence-corrected chi connectivity index (χ2v) is 19.7. The molecule has 0 bridgehead atoms. The molecule has 0 radical (unpaired) electrons. The van der Waals surface area contributed by atoms with Gasteiger partial charge in [0.2, 0.25) is 0 Å². The van der Waals surface area contributed by atoms with Crippen molar-refractivity contribution in [3.05, 3.63) is 0 Å². The Hall–Kier alpha value is -1.59. The number of ether oxygens (including phenoxy) is 3. The van der Waals surface area contributed by atoms with Gasteiger partial charge in [-0.1, -0.05) is 284 Å². The maximum Gasteiger partial charge on any atom is 0.305 e. The lowest BCUT2D eigenvalue weighted by atomic mass is 10.0. The van der Waals surface area contributed by atoms with E-state index in [9.17, 15) is 14.4 Å². The quantitative estimate of drug-likeness (QED) is 0.0344. The standard InChI is InChI=1S/C57H110O6/c1-4-7-10-13-16-19-22-25-28-31-34-37-40-43-46-49-56(59)62-52-54(51-61-55(58)48-45-42-39-36-33-30-27-24-21-18-15-12-9-6-3)53-63-57(60)50-47-44-41-38-35-32-29-26-23-20-17-14-11-8-5-2/h54H,4-53H2,1-3H3. The van der Waals surface area contributed by atoms with Crippen molar-refractivity contribution in [3.8, 4) is 0 Å². The summed E-state index contributed by atoms with van der Waals surface area (Å²) in [6.07, 6.45) is 57.8. The maximum absolute atomic E-state index is 12.6. The molecule has 0 amide bonds. The average Bonchev–Trinajstić information content (AvgIpc) is 3.28. The molecule has 0 unspecified atom stereocenters. The summed E-state index contributed by atoms with van der Waals surface area (Å²) < 4.78 is 16.9. The van der Waals surface area contributed by atoms with Crippen molar-refractivity contribution in [2.45, 2.75) is 323 Å². The van der Waals surface area contributed by atoms with E-state index in [1.807, 2.05) is 0 Å². The van der Waals surface area contributed by atoms with Crippen molar-refractivity contribution in [1.29, 1.82) is 0 Å². The molecule has 0 aromatic heterocycles. The highest BCUT2D eigenvalue weighted by Gasteiger charge is 2.18.